The standard InChI is InChI=1S/C34H45NO4/c1-4-6-8-10-11-26(3)38-34(37)30-20-22-31(35-25-30)21-15-28-16-23-32(24-17-28)39-33(36)29-18-13-27(14-19-29)12-9-7-5-2/h16-17,20,22-27,29H,4-14,18-19H2,1-3H3/t26-,27?,29?/m1/s1. The van der Waals surface area contributed by atoms with Crippen LogP contribution in [0.25, 0.3) is 0 Å². The van der Waals surface area contributed by atoms with Gasteiger partial charge in [-0.3, -0.25) is 4.79 Å². The molecule has 0 spiro atoms. The Bertz CT molecular complexity index is 1070. The first-order chi connectivity index (χ1) is 19.0. The second kappa shape index (κ2) is 16.7. The van der Waals surface area contributed by atoms with E-state index >= 15 is 0 Å². The molecule has 3 rings (SSSR count). The van der Waals surface area contributed by atoms with E-state index in [9.17, 15) is 9.59 Å². The molecular weight excluding hydrogens is 486 g/mol. The molecule has 210 valence electrons. The van der Waals surface area contributed by atoms with Gasteiger partial charge in [0.2, 0.25) is 0 Å². The maximum absolute atomic E-state index is 12.6. The Morgan fingerprint density at radius 3 is 2.28 bits per heavy atom. The molecule has 1 fully saturated rings. The average molecular weight is 532 g/mol. The molecule has 1 saturated carbocycles. The van der Waals surface area contributed by atoms with E-state index in [0.29, 0.717) is 17.0 Å². The van der Waals surface area contributed by atoms with Gasteiger partial charge in [0.1, 0.15) is 11.4 Å². The molecule has 39 heavy (non-hydrogen) atoms. The Labute approximate surface area is 235 Å². The predicted molar refractivity (Wildman–Crippen MR) is 156 cm³/mol. The molecule has 0 saturated heterocycles. The van der Waals surface area contributed by atoms with Gasteiger partial charge in [-0.2, -0.15) is 0 Å². The zero-order valence-electron chi connectivity index (χ0n) is 24.0. The van der Waals surface area contributed by atoms with Crippen molar-refractivity contribution in [2.75, 3.05) is 0 Å². The summed E-state index contributed by atoms with van der Waals surface area (Å²) in [7, 11) is 0. The van der Waals surface area contributed by atoms with E-state index < -0.39 is 0 Å². The summed E-state index contributed by atoms with van der Waals surface area (Å²) in [5.74, 6) is 6.96. The summed E-state index contributed by atoms with van der Waals surface area (Å²) >= 11 is 0. The highest BCUT2D eigenvalue weighted by Crippen LogP contribution is 2.33. The molecule has 1 atom stereocenters. The van der Waals surface area contributed by atoms with Gasteiger partial charge in [0.25, 0.3) is 0 Å². The average Bonchev–Trinajstić information content (AvgIpc) is 2.95. The number of benzene rings is 1. The van der Waals surface area contributed by atoms with Gasteiger partial charge < -0.3 is 9.47 Å². The molecule has 5 nitrogen and oxygen atoms in total. The highest BCUT2D eigenvalue weighted by molar-refractivity contribution is 5.89. The van der Waals surface area contributed by atoms with E-state index in [4.69, 9.17) is 9.47 Å². The van der Waals surface area contributed by atoms with Crippen LogP contribution < -0.4 is 4.74 Å². The van der Waals surface area contributed by atoms with Crippen molar-refractivity contribution < 1.29 is 19.1 Å². The maximum atomic E-state index is 12.6. The molecule has 0 N–H and O–H groups in total. The summed E-state index contributed by atoms with van der Waals surface area (Å²) in [5.41, 5.74) is 1.79. The minimum Gasteiger partial charge on any atom is -0.459 e. The summed E-state index contributed by atoms with van der Waals surface area (Å²) in [6.07, 6.45) is 16.2. The number of carbonyl (C=O) groups is 2. The van der Waals surface area contributed by atoms with Crippen molar-refractivity contribution in [1.82, 2.24) is 4.98 Å². The number of hydrogen-bond acceptors (Lipinski definition) is 5. The van der Waals surface area contributed by atoms with Crippen molar-refractivity contribution in [3.63, 3.8) is 0 Å². The van der Waals surface area contributed by atoms with Crippen LogP contribution in [0.5, 0.6) is 5.75 Å². The van der Waals surface area contributed by atoms with Crippen LogP contribution >= 0.6 is 0 Å². The number of nitrogens with zero attached hydrogens (tertiary/aromatic N) is 1. The lowest BCUT2D eigenvalue weighted by molar-refractivity contribution is -0.140. The highest BCUT2D eigenvalue weighted by Gasteiger charge is 2.27. The molecule has 1 heterocycles. The van der Waals surface area contributed by atoms with Crippen molar-refractivity contribution in [2.24, 2.45) is 11.8 Å². The lowest BCUT2D eigenvalue weighted by atomic mass is 9.80. The van der Waals surface area contributed by atoms with E-state index in [1.54, 1.807) is 24.3 Å². The van der Waals surface area contributed by atoms with E-state index in [1.165, 1.54) is 51.1 Å². The van der Waals surface area contributed by atoms with Crippen LogP contribution in [0.1, 0.15) is 126 Å². The molecule has 0 bridgehead atoms. The Kier molecular flexibility index (Phi) is 13.1. The number of ether oxygens (including phenoxy) is 2. The predicted octanol–water partition coefficient (Wildman–Crippen LogP) is 8.29. The van der Waals surface area contributed by atoms with Gasteiger partial charge >= 0.3 is 11.9 Å². The summed E-state index contributed by atoms with van der Waals surface area (Å²) in [6, 6.07) is 10.7. The van der Waals surface area contributed by atoms with Gasteiger partial charge in [-0.05, 0) is 93.7 Å². The van der Waals surface area contributed by atoms with Crippen molar-refractivity contribution in [1.29, 1.82) is 0 Å². The number of hydrogen-bond donors (Lipinski definition) is 0. The van der Waals surface area contributed by atoms with Crippen molar-refractivity contribution in [3.05, 3.63) is 59.4 Å². The van der Waals surface area contributed by atoms with Crippen LogP contribution in [0.4, 0.5) is 0 Å². The fourth-order valence-corrected chi connectivity index (χ4v) is 5.07. The van der Waals surface area contributed by atoms with Crippen LogP contribution in [-0.4, -0.2) is 23.0 Å². The molecule has 0 aliphatic heterocycles. The highest BCUT2D eigenvalue weighted by atomic mass is 16.5. The topological polar surface area (TPSA) is 65.5 Å². The zero-order valence-corrected chi connectivity index (χ0v) is 24.0. The van der Waals surface area contributed by atoms with Crippen LogP contribution in [-0.2, 0) is 9.53 Å². The summed E-state index contributed by atoms with van der Waals surface area (Å²) < 4.78 is 11.2. The van der Waals surface area contributed by atoms with Crippen LogP contribution in [0.2, 0.25) is 0 Å². The number of unbranched alkanes of at least 4 members (excludes halogenated alkanes) is 5. The minimum absolute atomic E-state index is 0.00669. The van der Waals surface area contributed by atoms with Gasteiger partial charge in [0.05, 0.1) is 17.6 Å². The van der Waals surface area contributed by atoms with Gasteiger partial charge in [-0.15, -0.1) is 0 Å². The third-order valence-electron chi connectivity index (χ3n) is 7.58. The second-order valence-corrected chi connectivity index (χ2v) is 10.9. The quantitative estimate of drug-likeness (QED) is 0.113. The summed E-state index contributed by atoms with van der Waals surface area (Å²) in [4.78, 5) is 29.3. The number of aromatic nitrogens is 1. The van der Waals surface area contributed by atoms with E-state index in [-0.39, 0.29) is 24.0 Å². The largest absolute Gasteiger partial charge is 0.459 e. The molecule has 1 aromatic carbocycles. The monoisotopic (exact) mass is 531 g/mol. The fourth-order valence-electron chi connectivity index (χ4n) is 5.07. The normalized spacial score (nSPS) is 17.5. The molecular formula is C34H45NO4. The third-order valence-corrected chi connectivity index (χ3v) is 7.58. The van der Waals surface area contributed by atoms with Crippen molar-refractivity contribution >= 4 is 11.9 Å². The molecule has 0 amide bonds. The SMILES string of the molecule is CCCCCC[C@@H](C)OC(=O)c1ccc(C#Cc2ccc(OC(=O)C3CCC(CCCCC)CC3)cc2)nc1. The van der Waals surface area contributed by atoms with Crippen LogP contribution in [0.15, 0.2) is 42.6 Å². The first kappa shape index (κ1) is 30.4. The maximum Gasteiger partial charge on any atom is 0.339 e. The smallest absolute Gasteiger partial charge is 0.339 e. The van der Waals surface area contributed by atoms with Gasteiger partial charge in [0, 0.05) is 11.8 Å². The molecule has 5 heteroatoms. The first-order valence-electron chi connectivity index (χ1n) is 15.0. The minimum atomic E-state index is -0.352. The molecule has 1 aromatic heterocycles. The molecule has 1 aliphatic carbocycles. The number of carbonyl (C=O) groups excluding carboxylic acids is 2. The Morgan fingerprint density at radius 2 is 1.62 bits per heavy atom. The molecule has 0 unspecified atom stereocenters. The van der Waals surface area contributed by atoms with Gasteiger partial charge in [0.15, 0.2) is 0 Å². The molecule has 2 aromatic rings. The lowest BCUT2D eigenvalue weighted by Crippen LogP contribution is -2.25. The van der Waals surface area contributed by atoms with Crippen LogP contribution in [0, 0.1) is 23.7 Å². The Morgan fingerprint density at radius 1 is 0.897 bits per heavy atom. The Balaban J connectivity index is 1.43. The van der Waals surface area contributed by atoms with E-state index in [2.05, 4.69) is 30.7 Å². The number of rotatable bonds is 13. The first-order valence-corrected chi connectivity index (χ1v) is 15.0. The van der Waals surface area contributed by atoms with Gasteiger partial charge in [-0.25, -0.2) is 9.78 Å². The van der Waals surface area contributed by atoms with Crippen LogP contribution in [0.3, 0.4) is 0 Å². The fraction of sp³-hybridized carbons (Fsp3) is 0.559. The third kappa shape index (κ3) is 10.9. The number of pyridine rings is 1. The summed E-state index contributed by atoms with van der Waals surface area (Å²) in [6.45, 7) is 6.35. The van der Waals surface area contributed by atoms with Crippen molar-refractivity contribution in [3.8, 4) is 17.6 Å². The van der Waals surface area contributed by atoms with Crippen molar-refractivity contribution in [2.45, 2.75) is 110 Å². The lowest BCUT2D eigenvalue weighted by Gasteiger charge is -2.27. The summed E-state index contributed by atoms with van der Waals surface area (Å²) in [5, 5.41) is 0. The second-order valence-electron chi connectivity index (χ2n) is 10.9. The zero-order chi connectivity index (χ0) is 27.9. The van der Waals surface area contributed by atoms with Gasteiger partial charge in [-0.1, -0.05) is 64.7 Å². The molecule has 1 aliphatic rings. The van der Waals surface area contributed by atoms with E-state index in [1.807, 2.05) is 19.1 Å². The van der Waals surface area contributed by atoms with E-state index in [0.717, 1.165) is 50.0 Å². The molecule has 0 radical (unpaired) electrons. The Hall–Kier alpha value is -3.13. The number of esters is 2.